The first-order valence-electron chi connectivity index (χ1n) is 7.47. The summed E-state index contributed by atoms with van der Waals surface area (Å²) in [6, 6.07) is 0. The van der Waals surface area contributed by atoms with Gasteiger partial charge in [0.1, 0.15) is 5.60 Å². The molecular formula is C17H26N2O4. The number of hydrogen-bond acceptors (Lipinski definition) is 5. The fourth-order valence-corrected chi connectivity index (χ4v) is 2.18. The molecular weight excluding hydrogens is 296 g/mol. The normalized spacial score (nSPS) is 11.0. The maximum atomic E-state index is 12.0. The van der Waals surface area contributed by atoms with E-state index in [4.69, 9.17) is 9.57 Å². The van der Waals surface area contributed by atoms with E-state index in [0.717, 1.165) is 27.9 Å². The Hall–Kier alpha value is -2.24. The molecule has 0 aliphatic rings. The van der Waals surface area contributed by atoms with Crippen molar-refractivity contribution < 1.29 is 19.2 Å². The standard InChI is InChI=1S/C17H26N2O4/c1-9-11(3)15(19-23-13(5)20)12(4)10(2)14(9)18-16(21)22-17(6,7)8/h19H,1-8H3,(H,18,21). The van der Waals surface area contributed by atoms with Gasteiger partial charge in [0.2, 0.25) is 0 Å². The van der Waals surface area contributed by atoms with Crippen molar-refractivity contribution in [1.29, 1.82) is 0 Å². The third-order valence-electron chi connectivity index (χ3n) is 3.55. The zero-order chi connectivity index (χ0) is 17.9. The zero-order valence-corrected chi connectivity index (χ0v) is 15.1. The average Bonchev–Trinajstić information content (AvgIpc) is 2.39. The Balaban J connectivity index is 3.16. The lowest BCUT2D eigenvalue weighted by Crippen LogP contribution is -2.28. The number of nitrogens with one attached hydrogen (secondary N) is 2. The predicted molar refractivity (Wildman–Crippen MR) is 90.6 cm³/mol. The molecule has 1 amide bonds. The Labute approximate surface area is 137 Å². The summed E-state index contributed by atoms with van der Waals surface area (Å²) < 4.78 is 5.31. The molecule has 128 valence electrons. The second-order valence-electron chi connectivity index (χ2n) is 6.57. The van der Waals surface area contributed by atoms with Gasteiger partial charge in [-0.2, -0.15) is 0 Å². The van der Waals surface area contributed by atoms with Crippen LogP contribution in [0.15, 0.2) is 0 Å². The molecule has 0 saturated carbocycles. The van der Waals surface area contributed by atoms with Crippen molar-refractivity contribution in [1.82, 2.24) is 0 Å². The Morgan fingerprint density at radius 2 is 1.30 bits per heavy atom. The number of carbonyl (C=O) groups excluding carboxylic acids is 2. The maximum absolute atomic E-state index is 12.0. The minimum absolute atomic E-state index is 0.421. The number of rotatable bonds is 3. The lowest BCUT2D eigenvalue weighted by molar-refractivity contribution is -0.138. The van der Waals surface area contributed by atoms with Crippen molar-refractivity contribution in [3.8, 4) is 0 Å². The number of hydrogen-bond donors (Lipinski definition) is 2. The highest BCUT2D eigenvalue weighted by Crippen LogP contribution is 2.34. The SMILES string of the molecule is CC(=O)ONc1c(C)c(C)c(NC(=O)OC(C)(C)C)c(C)c1C. The third kappa shape index (κ3) is 4.87. The summed E-state index contributed by atoms with van der Waals surface area (Å²) in [7, 11) is 0. The number of carbonyl (C=O) groups is 2. The fraction of sp³-hybridized carbons (Fsp3) is 0.529. The first kappa shape index (κ1) is 18.8. The number of anilines is 2. The summed E-state index contributed by atoms with van der Waals surface area (Å²) in [5, 5.41) is 2.81. The summed E-state index contributed by atoms with van der Waals surface area (Å²) in [6.07, 6.45) is -0.497. The largest absolute Gasteiger partial charge is 0.444 e. The van der Waals surface area contributed by atoms with Gasteiger partial charge in [-0.15, -0.1) is 0 Å². The van der Waals surface area contributed by atoms with Crippen LogP contribution in [0.5, 0.6) is 0 Å². The van der Waals surface area contributed by atoms with E-state index < -0.39 is 17.7 Å². The molecule has 6 heteroatoms. The van der Waals surface area contributed by atoms with Crippen molar-refractivity contribution in [3.63, 3.8) is 0 Å². The lowest BCUT2D eigenvalue weighted by Gasteiger charge is -2.23. The van der Waals surface area contributed by atoms with E-state index in [2.05, 4.69) is 10.8 Å². The molecule has 1 aromatic rings. The van der Waals surface area contributed by atoms with Crippen LogP contribution >= 0.6 is 0 Å². The lowest BCUT2D eigenvalue weighted by atomic mass is 9.96. The van der Waals surface area contributed by atoms with Crippen LogP contribution in [0.1, 0.15) is 49.9 Å². The van der Waals surface area contributed by atoms with Gasteiger partial charge in [-0.25, -0.2) is 10.3 Å². The Morgan fingerprint density at radius 3 is 1.70 bits per heavy atom. The summed E-state index contributed by atoms with van der Waals surface area (Å²) in [5.74, 6) is -0.421. The molecule has 0 fully saturated rings. The number of ether oxygens (including phenoxy) is 1. The molecule has 6 nitrogen and oxygen atoms in total. The summed E-state index contributed by atoms with van der Waals surface area (Å²) >= 11 is 0. The van der Waals surface area contributed by atoms with Gasteiger partial charge in [-0.3, -0.25) is 10.1 Å². The molecule has 0 unspecified atom stereocenters. The zero-order valence-electron chi connectivity index (χ0n) is 15.1. The average molecular weight is 322 g/mol. The second kappa shape index (κ2) is 6.89. The minimum Gasteiger partial charge on any atom is -0.444 e. The summed E-state index contributed by atoms with van der Waals surface area (Å²) in [4.78, 5) is 27.9. The van der Waals surface area contributed by atoms with Crippen molar-refractivity contribution in [2.45, 2.75) is 61.0 Å². The first-order valence-corrected chi connectivity index (χ1v) is 7.47. The van der Waals surface area contributed by atoms with E-state index in [-0.39, 0.29) is 0 Å². The second-order valence-corrected chi connectivity index (χ2v) is 6.57. The van der Waals surface area contributed by atoms with Crippen molar-refractivity contribution in [3.05, 3.63) is 22.3 Å². The van der Waals surface area contributed by atoms with Gasteiger partial charge in [-0.1, -0.05) is 0 Å². The van der Waals surface area contributed by atoms with E-state index in [1.807, 2.05) is 48.5 Å². The van der Waals surface area contributed by atoms with Crippen LogP contribution in [0.3, 0.4) is 0 Å². The number of amides is 1. The maximum Gasteiger partial charge on any atom is 0.412 e. The highest BCUT2D eigenvalue weighted by Gasteiger charge is 2.20. The molecule has 0 aromatic heterocycles. The highest BCUT2D eigenvalue weighted by atomic mass is 16.7. The molecule has 2 N–H and O–H groups in total. The Morgan fingerprint density at radius 1 is 0.870 bits per heavy atom. The van der Waals surface area contributed by atoms with E-state index in [1.165, 1.54) is 6.92 Å². The molecule has 1 aromatic carbocycles. The van der Waals surface area contributed by atoms with Crippen LogP contribution in [0.4, 0.5) is 16.2 Å². The van der Waals surface area contributed by atoms with E-state index >= 15 is 0 Å². The van der Waals surface area contributed by atoms with Crippen LogP contribution in [-0.2, 0) is 14.4 Å². The van der Waals surface area contributed by atoms with Gasteiger partial charge >= 0.3 is 12.1 Å². The molecule has 0 saturated heterocycles. The monoisotopic (exact) mass is 322 g/mol. The third-order valence-corrected chi connectivity index (χ3v) is 3.55. The van der Waals surface area contributed by atoms with Crippen LogP contribution in [-0.4, -0.2) is 17.7 Å². The topological polar surface area (TPSA) is 76.7 Å². The summed E-state index contributed by atoms with van der Waals surface area (Å²) in [5.41, 5.74) is 7.11. The van der Waals surface area contributed by atoms with Crippen LogP contribution in [0.25, 0.3) is 0 Å². The highest BCUT2D eigenvalue weighted by molar-refractivity contribution is 5.89. The molecule has 0 aliphatic carbocycles. The van der Waals surface area contributed by atoms with Crippen molar-refractivity contribution >= 4 is 23.4 Å². The van der Waals surface area contributed by atoms with Gasteiger partial charge in [0, 0.05) is 6.92 Å². The Kier molecular flexibility index (Phi) is 5.64. The van der Waals surface area contributed by atoms with E-state index in [1.54, 1.807) is 0 Å². The molecule has 0 radical (unpaired) electrons. The molecule has 0 heterocycles. The van der Waals surface area contributed by atoms with Gasteiger partial charge in [-0.05, 0) is 70.7 Å². The van der Waals surface area contributed by atoms with Crippen LogP contribution in [0, 0.1) is 27.7 Å². The quantitative estimate of drug-likeness (QED) is 0.817. The molecule has 0 atom stereocenters. The van der Waals surface area contributed by atoms with Crippen molar-refractivity contribution in [2.24, 2.45) is 0 Å². The van der Waals surface area contributed by atoms with Crippen molar-refractivity contribution in [2.75, 3.05) is 10.8 Å². The van der Waals surface area contributed by atoms with Gasteiger partial charge in [0.25, 0.3) is 0 Å². The Bertz CT molecular complexity index is 601. The van der Waals surface area contributed by atoms with Gasteiger partial charge < -0.3 is 9.57 Å². The minimum atomic E-state index is -0.563. The number of benzene rings is 1. The summed E-state index contributed by atoms with van der Waals surface area (Å²) in [6.45, 7) is 14.4. The van der Waals surface area contributed by atoms with Crippen LogP contribution in [0.2, 0.25) is 0 Å². The molecule has 23 heavy (non-hydrogen) atoms. The fourth-order valence-electron chi connectivity index (χ4n) is 2.18. The molecule has 0 bridgehead atoms. The molecule has 1 rings (SSSR count). The smallest absolute Gasteiger partial charge is 0.412 e. The van der Waals surface area contributed by atoms with Crippen LogP contribution < -0.4 is 10.8 Å². The molecule has 0 spiro atoms. The predicted octanol–water partition coefficient (Wildman–Crippen LogP) is 4.16. The molecule has 0 aliphatic heterocycles. The van der Waals surface area contributed by atoms with E-state index in [9.17, 15) is 9.59 Å². The van der Waals surface area contributed by atoms with Gasteiger partial charge in [0.15, 0.2) is 0 Å². The first-order chi connectivity index (χ1) is 10.4. The van der Waals surface area contributed by atoms with Gasteiger partial charge in [0.05, 0.1) is 11.4 Å². The van der Waals surface area contributed by atoms with E-state index in [0.29, 0.717) is 5.69 Å².